The smallest absolute Gasteiger partial charge is 0.232 e. The summed E-state index contributed by atoms with van der Waals surface area (Å²) in [5.41, 5.74) is 2.79. The number of fused-ring (bicyclic) bond motifs is 1. The summed E-state index contributed by atoms with van der Waals surface area (Å²) in [6, 6.07) is 13.1. The molecular formula is C23H30N2O5S. The second-order valence-corrected chi connectivity index (χ2v) is 9.56. The lowest BCUT2D eigenvalue weighted by atomic mass is 10.0. The van der Waals surface area contributed by atoms with E-state index in [1.807, 2.05) is 19.1 Å². The van der Waals surface area contributed by atoms with E-state index in [-0.39, 0.29) is 24.9 Å². The molecule has 8 heteroatoms. The van der Waals surface area contributed by atoms with Crippen LogP contribution in [0.4, 0.5) is 5.69 Å². The van der Waals surface area contributed by atoms with E-state index in [9.17, 15) is 13.2 Å². The Hall–Kier alpha value is -2.74. The fraction of sp³-hybridized carbons (Fsp3) is 0.435. The van der Waals surface area contributed by atoms with Crippen LogP contribution in [0.5, 0.6) is 11.5 Å². The van der Waals surface area contributed by atoms with E-state index in [1.165, 1.54) is 9.87 Å². The zero-order valence-corrected chi connectivity index (χ0v) is 19.1. The van der Waals surface area contributed by atoms with E-state index in [4.69, 9.17) is 9.47 Å². The van der Waals surface area contributed by atoms with Crippen molar-refractivity contribution in [1.82, 2.24) is 5.32 Å². The largest absolute Gasteiger partial charge is 0.486 e. The standard InChI is InChI=1S/C23H30N2O5S/c1-4-18-7-9-19(10-8-18)17(2)24-23(26)6-5-13-25(31(3,27)28)20-11-12-21-22(16-20)30-15-14-29-21/h7-12,16-17H,4-6,13-15H2,1-3H3,(H,24,26)/t17-/m0/s1. The number of rotatable bonds is 9. The Balaban J connectivity index is 1.57. The molecule has 1 aliphatic heterocycles. The number of hydrogen-bond donors (Lipinski definition) is 1. The van der Waals surface area contributed by atoms with E-state index in [0.29, 0.717) is 36.8 Å². The summed E-state index contributed by atoms with van der Waals surface area (Å²) in [7, 11) is -3.51. The molecular weight excluding hydrogens is 416 g/mol. The minimum atomic E-state index is -3.51. The average molecular weight is 447 g/mol. The average Bonchev–Trinajstić information content (AvgIpc) is 2.75. The van der Waals surface area contributed by atoms with Gasteiger partial charge >= 0.3 is 0 Å². The van der Waals surface area contributed by atoms with Crippen LogP contribution in [0, 0.1) is 0 Å². The van der Waals surface area contributed by atoms with Gasteiger partial charge in [0.15, 0.2) is 11.5 Å². The van der Waals surface area contributed by atoms with Crippen molar-refractivity contribution < 1.29 is 22.7 Å². The van der Waals surface area contributed by atoms with Gasteiger partial charge < -0.3 is 14.8 Å². The molecule has 31 heavy (non-hydrogen) atoms. The second kappa shape index (κ2) is 10.0. The van der Waals surface area contributed by atoms with E-state index in [1.54, 1.807) is 18.2 Å². The van der Waals surface area contributed by atoms with Gasteiger partial charge in [-0.1, -0.05) is 31.2 Å². The van der Waals surface area contributed by atoms with Gasteiger partial charge in [0.2, 0.25) is 15.9 Å². The van der Waals surface area contributed by atoms with Gasteiger partial charge in [0, 0.05) is 19.0 Å². The van der Waals surface area contributed by atoms with E-state index >= 15 is 0 Å². The van der Waals surface area contributed by atoms with Gasteiger partial charge in [-0.15, -0.1) is 0 Å². The third-order valence-electron chi connectivity index (χ3n) is 5.24. The molecule has 0 saturated carbocycles. The normalized spacial score (nSPS) is 14.0. The first-order valence-electron chi connectivity index (χ1n) is 10.5. The Morgan fingerprint density at radius 1 is 1.10 bits per heavy atom. The van der Waals surface area contributed by atoms with Crippen molar-refractivity contribution in [2.75, 3.05) is 30.3 Å². The number of ether oxygens (including phenoxy) is 2. The molecule has 0 radical (unpaired) electrons. The van der Waals surface area contributed by atoms with Gasteiger partial charge in [-0.3, -0.25) is 9.10 Å². The van der Waals surface area contributed by atoms with Crippen LogP contribution in [0.1, 0.15) is 43.9 Å². The van der Waals surface area contributed by atoms with Gasteiger partial charge in [0.25, 0.3) is 0 Å². The number of carbonyl (C=O) groups excluding carboxylic acids is 1. The monoisotopic (exact) mass is 446 g/mol. The third-order valence-corrected chi connectivity index (χ3v) is 6.44. The van der Waals surface area contributed by atoms with Gasteiger partial charge in [-0.2, -0.15) is 0 Å². The molecule has 0 spiro atoms. The second-order valence-electron chi connectivity index (χ2n) is 7.65. The molecule has 3 rings (SSSR count). The Kier molecular flexibility index (Phi) is 7.43. The Morgan fingerprint density at radius 3 is 2.42 bits per heavy atom. The molecule has 0 unspecified atom stereocenters. The highest BCUT2D eigenvalue weighted by molar-refractivity contribution is 7.92. The third kappa shape index (κ3) is 6.13. The quantitative estimate of drug-likeness (QED) is 0.638. The number of amides is 1. The van der Waals surface area contributed by atoms with Gasteiger partial charge in [-0.05, 0) is 43.0 Å². The van der Waals surface area contributed by atoms with Crippen LogP contribution in [0.3, 0.4) is 0 Å². The van der Waals surface area contributed by atoms with E-state index in [0.717, 1.165) is 18.2 Å². The summed E-state index contributed by atoms with van der Waals surface area (Å²) in [4.78, 5) is 12.4. The number of carbonyl (C=O) groups is 1. The van der Waals surface area contributed by atoms with Crippen LogP contribution in [-0.4, -0.2) is 40.3 Å². The molecule has 1 N–H and O–H groups in total. The molecule has 1 atom stereocenters. The number of anilines is 1. The summed E-state index contributed by atoms with van der Waals surface area (Å²) in [5.74, 6) is 1.02. The first kappa shape index (κ1) is 22.9. The topological polar surface area (TPSA) is 84.9 Å². The van der Waals surface area contributed by atoms with Crippen LogP contribution in [0.25, 0.3) is 0 Å². The van der Waals surface area contributed by atoms with Crippen LogP contribution in [0.15, 0.2) is 42.5 Å². The molecule has 2 aromatic carbocycles. The predicted molar refractivity (Wildman–Crippen MR) is 121 cm³/mol. The molecule has 0 bridgehead atoms. The van der Waals surface area contributed by atoms with Crippen molar-refractivity contribution in [2.45, 2.75) is 39.2 Å². The number of hydrogen-bond acceptors (Lipinski definition) is 5. The Morgan fingerprint density at radius 2 is 1.77 bits per heavy atom. The molecule has 0 aliphatic carbocycles. The highest BCUT2D eigenvalue weighted by Crippen LogP contribution is 2.34. The molecule has 7 nitrogen and oxygen atoms in total. The fourth-order valence-corrected chi connectivity index (χ4v) is 4.45. The molecule has 2 aromatic rings. The van der Waals surface area contributed by atoms with Gasteiger partial charge in [0.05, 0.1) is 18.0 Å². The summed E-state index contributed by atoms with van der Waals surface area (Å²) < 4.78 is 37.0. The predicted octanol–water partition coefficient (Wildman–Crippen LogP) is 3.44. The highest BCUT2D eigenvalue weighted by atomic mass is 32.2. The highest BCUT2D eigenvalue weighted by Gasteiger charge is 2.21. The van der Waals surface area contributed by atoms with Crippen LogP contribution in [-0.2, 0) is 21.2 Å². The van der Waals surface area contributed by atoms with Crippen molar-refractivity contribution in [2.24, 2.45) is 0 Å². The zero-order valence-electron chi connectivity index (χ0n) is 18.3. The lowest BCUT2D eigenvalue weighted by molar-refractivity contribution is -0.121. The molecule has 0 aromatic heterocycles. The molecule has 0 saturated heterocycles. The van der Waals surface area contributed by atoms with Gasteiger partial charge in [-0.25, -0.2) is 8.42 Å². The Bertz CT molecular complexity index is 1010. The fourth-order valence-electron chi connectivity index (χ4n) is 3.50. The first-order valence-corrected chi connectivity index (χ1v) is 12.4. The van der Waals surface area contributed by atoms with Crippen molar-refractivity contribution in [1.29, 1.82) is 0 Å². The van der Waals surface area contributed by atoms with Crippen LogP contribution < -0.4 is 19.1 Å². The van der Waals surface area contributed by atoms with E-state index < -0.39 is 10.0 Å². The van der Waals surface area contributed by atoms with Crippen LogP contribution >= 0.6 is 0 Å². The van der Waals surface area contributed by atoms with Crippen molar-refractivity contribution in [3.8, 4) is 11.5 Å². The molecule has 1 heterocycles. The van der Waals surface area contributed by atoms with Crippen molar-refractivity contribution in [3.05, 3.63) is 53.6 Å². The van der Waals surface area contributed by atoms with Gasteiger partial charge in [0.1, 0.15) is 13.2 Å². The maximum atomic E-state index is 12.4. The molecule has 1 aliphatic rings. The van der Waals surface area contributed by atoms with Crippen LogP contribution in [0.2, 0.25) is 0 Å². The SMILES string of the molecule is CCc1ccc([C@H](C)NC(=O)CCCN(c2ccc3c(c2)OCCO3)S(C)(=O)=O)cc1. The summed E-state index contributed by atoms with van der Waals surface area (Å²) in [5, 5.41) is 2.98. The number of sulfonamides is 1. The molecule has 168 valence electrons. The maximum absolute atomic E-state index is 12.4. The lowest BCUT2D eigenvalue weighted by Crippen LogP contribution is -2.32. The minimum absolute atomic E-state index is 0.109. The van der Waals surface area contributed by atoms with Crippen molar-refractivity contribution in [3.63, 3.8) is 0 Å². The number of aryl methyl sites for hydroxylation is 1. The Labute approximate surface area is 184 Å². The number of nitrogens with one attached hydrogen (secondary N) is 1. The molecule has 1 amide bonds. The molecule has 0 fully saturated rings. The maximum Gasteiger partial charge on any atom is 0.232 e. The lowest BCUT2D eigenvalue weighted by Gasteiger charge is -2.25. The minimum Gasteiger partial charge on any atom is -0.486 e. The number of benzene rings is 2. The first-order chi connectivity index (χ1) is 14.8. The summed E-state index contributed by atoms with van der Waals surface area (Å²) >= 11 is 0. The summed E-state index contributed by atoms with van der Waals surface area (Å²) in [6.07, 6.45) is 2.76. The summed E-state index contributed by atoms with van der Waals surface area (Å²) in [6.45, 7) is 5.14. The number of nitrogens with zero attached hydrogens (tertiary/aromatic N) is 1. The van der Waals surface area contributed by atoms with Crippen molar-refractivity contribution >= 4 is 21.6 Å². The van der Waals surface area contributed by atoms with E-state index in [2.05, 4.69) is 24.4 Å². The zero-order chi connectivity index (χ0) is 22.4.